The van der Waals surface area contributed by atoms with E-state index in [-0.39, 0.29) is 0 Å². The molecule has 3 nitrogen and oxygen atoms in total. The van der Waals surface area contributed by atoms with E-state index in [9.17, 15) is 0 Å². The summed E-state index contributed by atoms with van der Waals surface area (Å²) in [6.07, 6.45) is 0. The van der Waals surface area contributed by atoms with Crippen molar-refractivity contribution in [1.29, 1.82) is 0 Å². The summed E-state index contributed by atoms with van der Waals surface area (Å²) in [5.74, 6) is 1.91. The van der Waals surface area contributed by atoms with Crippen molar-refractivity contribution in [3.8, 4) is 17.2 Å². The van der Waals surface area contributed by atoms with Crippen LogP contribution in [0.3, 0.4) is 0 Å². The molecule has 0 unspecified atom stereocenters. The van der Waals surface area contributed by atoms with Gasteiger partial charge in [0.25, 0.3) is 0 Å². The molecule has 0 radical (unpaired) electrons. The van der Waals surface area contributed by atoms with Crippen LogP contribution in [0.1, 0.15) is 16.7 Å². The van der Waals surface area contributed by atoms with Gasteiger partial charge >= 0.3 is 7.30 Å². The Balaban J connectivity index is 1.96. The first kappa shape index (κ1) is 18.6. The molecule has 0 amide bonds. The van der Waals surface area contributed by atoms with Crippen LogP contribution in [0, 0.1) is 20.8 Å². The average Bonchev–Trinajstić information content (AvgIpc) is 2.61. The van der Waals surface area contributed by atoms with Crippen LogP contribution >= 0.6 is 18.5 Å². The van der Waals surface area contributed by atoms with Crippen LogP contribution in [0.5, 0.6) is 17.2 Å². The average molecular weight is 388 g/mol. The summed E-state index contributed by atoms with van der Waals surface area (Å²) in [6, 6.07) is 23.0. The van der Waals surface area contributed by atoms with Crippen LogP contribution in [0.4, 0.5) is 0 Å². The largest absolute Gasteiger partial charge is 0.660 e. The third kappa shape index (κ3) is 4.49. The molecule has 0 aliphatic rings. The van der Waals surface area contributed by atoms with Gasteiger partial charge in [-0.05, 0) is 55.7 Å². The molecule has 5 heteroatoms. The quantitative estimate of drug-likeness (QED) is 0.423. The molecule has 0 spiro atoms. The molecule has 0 saturated carbocycles. The van der Waals surface area contributed by atoms with Crippen molar-refractivity contribution < 1.29 is 13.6 Å². The summed E-state index contributed by atoms with van der Waals surface area (Å²) in [6.45, 7) is 5.87. The van der Waals surface area contributed by atoms with Crippen LogP contribution in [0.25, 0.3) is 0 Å². The third-order valence-electron chi connectivity index (χ3n) is 3.90. The summed E-state index contributed by atoms with van der Waals surface area (Å²) in [4.78, 5) is 0. The second-order valence-electron chi connectivity index (χ2n) is 6.00. The number of hydrogen-bond donors (Lipinski definition) is 0. The van der Waals surface area contributed by atoms with Crippen molar-refractivity contribution in [3.05, 3.63) is 89.5 Å². The Morgan fingerprint density at radius 3 is 1.08 bits per heavy atom. The van der Waals surface area contributed by atoms with Gasteiger partial charge in [0.2, 0.25) is 11.2 Å². The SMILES string of the molecule is Cc1ccccc1O[P+](Cl)(Oc1ccccc1C)Oc1ccccc1C. The first-order chi connectivity index (χ1) is 12.5. The van der Waals surface area contributed by atoms with Gasteiger partial charge in [-0.15, -0.1) is 0 Å². The molecular weight excluding hydrogens is 367 g/mol. The molecule has 0 aromatic heterocycles. The third-order valence-corrected chi connectivity index (χ3v) is 5.77. The summed E-state index contributed by atoms with van der Waals surface area (Å²) < 4.78 is 18.2. The van der Waals surface area contributed by atoms with Gasteiger partial charge in [-0.2, -0.15) is 0 Å². The van der Waals surface area contributed by atoms with Gasteiger partial charge in [0.15, 0.2) is 17.2 Å². The number of benzene rings is 3. The zero-order valence-electron chi connectivity index (χ0n) is 15.0. The molecule has 0 aliphatic heterocycles. The number of aryl methyl sites for hydroxylation is 3. The van der Waals surface area contributed by atoms with Gasteiger partial charge in [0, 0.05) is 0 Å². The Kier molecular flexibility index (Phi) is 5.70. The Morgan fingerprint density at radius 2 is 0.808 bits per heavy atom. The lowest BCUT2D eigenvalue weighted by atomic mass is 10.2. The zero-order valence-corrected chi connectivity index (χ0v) is 16.6. The van der Waals surface area contributed by atoms with E-state index in [4.69, 9.17) is 24.8 Å². The summed E-state index contributed by atoms with van der Waals surface area (Å²) >= 11 is 6.80. The molecular formula is C21H21ClO3P+. The molecule has 3 aromatic carbocycles. The molecule has 3 rings (SSSR count). The molecule has 0 aliphatic carbocycles. The van der Waals surface area contributed by atoms with Crippen molar-refractivity contribution in [2.75, 3.05) is 0 Å². The molecule has 26 heavy (non-hydrogen) atoms. The topological polar surface area (TPSA) is 27.7 Å². The van der Waals surface area contributed by atoms with Gasteiger partial charge in [0.05, 0.1) is 0 Å². The van der Waals surface area contributed by atoms with Crippen LogP contribution in [-0.4, -0.2) is 0 Å². The predicted molar refractivity (Wildman–Crippen MR) is 108 cm³/mol. The summed E-state index contributed by atoms with van der Waals surface area (Å²) in [5.41, 5.74) is 2.87. The highest BCUT2D eigenvalue weighted by Crippen LogP contribution is 2.65. The second-order valence-corrected chi connectivity index (χ2v) is 8.65. The Hall–Kier alpha value is -2.22. The molecule has 134 valence electrons. The van der Waals surface area contributed by atoms with Crippen LogP contribution in [0.15, 0.2) is 72.8 Å². The maximum Gasteiger partial charge on any atom is 0.660 e. The highest BCUT2D eigenvalue weighted by molar-refractivity contribution is 7.88. The highest BCUT2D eigenvalue weighted by Gasteiger charge is 2.51. The van der Waals surface area contributed by atoms with Crippen LogP contribution in [-0.2, 0) is 0 Å². The monoisotopic (exact) mass is 387 g/mol. The van der Waals surface area contributed by atoms with Crippen molar-refractivity contribution in [3.63, 3.8) is 0 Å². The van der Waals surface area contributed by atoms with Gasteiger partial charge in [0.1, 0.15) is 0 Å². The molecule has 0 heterocycles. The second kappa shape index (κ2) is 7.99. The van der Waals surface area contributed by atoms with E-state index in [1.807, 2.05) is 93.6 Å². The maximum atomic E-state index is 6.80. The normalized spacial score (nSPS) is 11.1. The lowest BCUT2D eigenvalue weighted by molar-refractivity contribution is 0.374. The fraction of sp³-hybridized carbons (Fsp3) is 0.143. The standard InChI is InChI=1S/C21H21ClO3P/c1-16-10-4-7-13-19(16)23-26(22,24-20-14-8-5-11-17(20)2)25-21-15-9-6-12-18(21)3/h4-15H,1-3H3/q+1. The van der Waals surface area contributed by atoms with Crippen molar-refractivity contribution in [2.45, 2.75) is 20.8 Å². The first-order valence-electron chi connectivity index (χ1n) is 8.31. The van der Waals surface area contributed by atoms with Crippen molar-refractivity contribution >= 4 is 18.5 Å². The molecule has 0 saturated heterocycles. The summed E-state index contributed by atoms with van der Waals surface area (Å²) in [5, 5.41) is 0. The number of rotatable bonds is 6. The van der Waals surface area contributed by atoms with E-state index < -0.39 is 7.30 Å². The van der Waals surface area contributed by atoms with E-state index in [2.05, 4.69) is 0 Å². The minimum absolute atomic E-state index is 0.637. The fourth-order valence-corrected chi connectivity index (χ4v) is 4.49. The van der Waals surface area contributed by atoms with E-state index in [1.165, 1.54) is 0 Å². The van der Waals surface area contributed by atoms with Crippen molar-refractivity contribution in [1.82, 2.24) is 0 Å². The van der Waals surface area contributed by atoms with Crippen LogP contribution < -0.4 is 13.6 Å². The van der Waals surface area contributed by atoms with E-state index >= 15 is 0 Å². The van der Waals surface area contributed by atoms with Gasteiger partial charge < -0.3 is 0 Å². The van der Waals surface area contributed by atoms with Gasteiger partial charge in [-0.25, -0.2) is 0 Å². The number of hydrogen-bond acceptors (Lipinski definition) is 3. The maximum absolute atomic E-state index is 6.80. The lowest BCUT2D eigenvalue weighted by Gasteiger charge is -2.18. The smallest absolute Gasteiger partial charge is 0.258 e. The Bertz CT molecular complexity index is 782. The molecule has 3 aromatic rings. The number of halogens is 1. The van der Waals surface area contributed by atoms with E-state index in [0.29, 0.717) is 17.2 Å². The minimum Gasteiger partial charge on any atom is -0.258 e. The Labute approximate surface area is 159 Å². The number of para-hydroxylation sites is 3. The van der Waals surface area contributed by atoms with E-state index in [1.54, 1.807) is 0 Å². The first-order valence-corrected chi connectivity index (χ1v) is 10.8. The molecule has 0 atom stereocenters. The van der Waals surface area contributed by atoms with Gasteiger partial charge in [-0.3, -0.25) is 13.6 Å². The Morgan fingerprint density at radius 1 is 0.538 bits per heavy atom. The van der Waals surface area contributed by atoms with Gasteiger partial charge in [-0.1, -0.05) is 54.6 Å². The fourth-order valence-electron chi connectivity index (χ4n) is 2.38. The van der Waals surface area contributed by atoms with Crippen molar-refractivity contribution in [2.24, 2.45) is 0 Å². The predicted octanol–water partition coefficient (Wildman–Crippen LogP) is 7.07. The van der Waals surface area contributed by atoms with Crippen LogP contribution in [0.2, 0.25) is 0 Å². The molecule has 0 N–H and O–H groups in total. The van der Waals surface area contributed by atoms with E-state index in [0.717, 1.165) is 16.7 Å². The highest BCUT2D eigenvalue weighted by atomic mass is 35.7. The zero-order chi connectivity index (χ0) is 18.6. The molecule has 0 fully saturated rings. The summed E-state index contributed by atoms with van der Waals surface area (Å²) in [7, 11) is -3.24. The molecule has 0 bridgehead atoms. The minimum atomic E-state index is -3.24. The lowest BCUT2D eigenvalue weighted by Crippen LogP contribution is -2.11.